The summed E-state index contributed by atoms with van der Waals surface area (Å²) in [5, 5.41) is 3.41. The van der Waals surface area contributed by atoms with E-state index in [1.807, 2.05) is 39.8 Å². The lowest BCUT2D eigenvalue weighted by Gasteiger charge is -2.09. The van der Waals surface area contributed by atoms with Crippen molar-refractivity contribution in [3.8, 4) is 11.1 Å². The fraction of sp³-hybridized carbons (Fsp3) is 0.185. The van der Waals surface area contributed by atoms with Crippen LogP contribution in [-0.4, -0.2) is 0 Å². The highest BCUT2D eigenvalue weighted by Gasteiger charge is 2.01. The van der Waals surface area contributed by atoms with Gasteiger partial charge in [-0.15, -0.1) is 0 Å². The van der Waals surface area contributed by atoms with Crippen molar-refractivity contribution in [2.75, 3.05) is 5.32 Å². The highest BCUT2D eigenvalue weighted by molar-refractivity contribution is 5.76. The van der Waals surface area contributed by atoms with E-state index >= 15 is 0 Å². The topological polar surface area (TPSA) is 12.0 Å². The summed E-state index contributed by atoms with van der Waals surface area (Å²) >= 11 is 0. The Hall–Kier alpha value is -3.06. The van der Waals surface area contributed by atoms with Crippen LogP contribution in [0.1, 0.15) is 40.2 Å². The van der Waals surface area contributed by atoms with Crippen molar-refractivity contribution < 1.29 is 0 Å². The van der Waals surface area contributed by atoms with Crippen LogP contribution in [0.2, 0.25) is 0 Å². The van der Waals surface area contributed by atoms with Gasteiger partial charge in [-0.3, -0.25) is 0 Å². The van der Waals surface area contributed by atoms with Gasteiger partial charge >= 0.3 is 0 Å². The number of rotatable bonds is 7. The van der Waals surface area contributed by atoms with Crippen molar-refractivity contribution in [3.63, 3.8) is 0 Å². The van der Waals surface area contributed by atoms with Gasteiger partial charge in [-0.25, -0.2) is 0 Å². The minimum Gasteiger partial charge on any atom is -0.356 e. The van der Waals surface area contributed by atoms with Gasteiger partial charge in [0.25, 0.3) is 0 Å². The fourth-order valence-corrected chi connectivity index (χ4v) is 2.69. The van der Waals surface area contributed by atoms with Crippen molar-refractivity contribution in [2.24, 2.45) is 0 Å². The first-order valence-corrected chi connectivity index (χ1v) is 9.94. The summed E-state index contributed by atoms with van der Waals surface area (Å²) in [6.07, 6.45) is 14.1. The summed E-state index contributed by atoms with van der Waals surface area (Å²) in [5.41, 5.74) is 7.00. The van der Waals surface area contributed by atoms with E-state index in [9.17, 15) is 0 Å². The molecule has 0 heterocycles. The summed E-state index contributed by atoms with van der Waals surface area (Å²) in [7, 11) is 0. The van der Waals surface area contributed by atoms with E-state index in [-0.39, 0.29) is 0 Å². The molecular weight excluding hydrogens is 338 g/mol. The van der Waals surface area contributed by atoms with Crippen LogP contribution in [0.15, 0.2) is 103 Å². The Bertz CT molecular complexity index is 829. The molecule has 0 aliphatic heterocycles. The summed E-state index contributed by atoms with van der Waals surface area (Å²) in [4.78, 5) is 0. The molecule has 1 N–H and O–H groups in total. The molecule has 1 nitrogen and oxygen atoms in total. The zero-order chi connectivity index (χ0) is 20.8. The number of benzene rings is 2. The highest BCUT2D eigenvalue weighted by Crippen LogP contribution is 2.25. The minimum absolute atomic E-state index is 1.09. The predicted molar refractivity (Wildman–Crippen MR) is 128 cm³/mol. The number of hydrogen-bond donors (Lipinski definition) is 1. The molecular formula is C27H33N. The number of hydrogen-bond acceptors (Lipinski definition) is 1. The second-order valence-corrected chi connectivity index (χ2v) is 5.86. The average molecular weight is 372 g/mol. The third-order valence-corrected chi connectivity index (χ3v) is 4.11. The molecule has 2 rings (SSSR count). The molecule has 0 amide bonds. The quantitative estimate of drug-likeness (QED) is 0.482. The molecule has 0 bridgehead atoms. The van der Waals surface area contributed by atoms with Crippen molar-refractivity contribution in [3.05, 3.63) is 109 Å². The van der Waals surface area contributed by atoms with Crippen molar-refractivity contribution in [2.45, 2.75) is 34.6 Å². The normalized spacial score (nSPS) is 12.0. The first-order chi connectivity index (χ1) is 13.7. The lowest BCUT2D eigenvalue weighted by atomic mass is 9.99. The maximum absolute atomic E-state index is 3.73. The third-order valence-electron chi connectivity index (χ3n) is 4.11. The van der Waals surface area contributed by atoms with Gasteiger partial charge in [0.05, 0.1) is 0 Å². The van der Waals surface area contributed by atoms with Crippen LogP contribution < -0.4 is 5.32 Å². The Morgan fingerprint density at radius 1 is 0.786 bits per heavy atom. The van der Waals surface area contributed by atoms with Crippen LogP contribution in [0.3, 0.4) is 0 Å². The first-order valence-electron chi connectivity index (χ1n) is 9.94. The Kier molecular flexibility index (Phi) is 10.8. The van der Waals surface area contributed by atoms with Crippen molar-refractivity contribution in [1.82, 2.24) is 0 Å². The molecule has 0 radical (unpaired) electrons. The van der Waals surface area contributed by atoms with Crippen molar-refractivity contribution >= 4 is 11.3 Å². The van der Waals surface area contributed by atoms with Gasteiger partial charge in [0, 0.05) is 11.4 Å². The summed E-state index contributed by atoms with van der Waals surface area (Å²) in [5.74, 6) is 0. The van der Waals surface area contributed by atoms with E-state index in [0.717, 1.165) is 11.4 Å². The molecule has 0 fully saturated rings. The maximum Gasteiger partial charge on any atom is 0.0384 e. The number of nitrogens with one attached hydrogen (secondary N) is 1. The molecule has 0 spiro atoms. The van der Waals surface area contributed by atoms with Crippen molar-refractivity contribution in [1.29, 1.82) is 0 Å². The minimum atomic E-state index is 1.09. The lowest BCUT2D eigenvalue weighted by Crippen LogP contribution is -1.95. The average Bonchev–Trinajstić information content (AvgIpc) is 2.76. The van der Waals surface area contributed by atoms with E-state index in [2.05, 4.69) is 91.7 Å². The molecule has 2 aromatic carbocycles. The Morgan fingerprint density at radius 2 is 1.36 bits per heavy atom. The van der Waals surface area contributed by atoms with Gasteiger partial charge < -0.3 is 5.32 Å². The van der Waals surface area contributed by atoms with E-state index < -0.39 is 0 Å². The fourth-order valence-electron chi connectivity index (χ4n) is 2.69. The zero-order valence-corrected chi connectivity index (χ0v) is 17.9. The van der Waals surface area contributed by atoms with Gasteiger partial charge in [0.1, 0.15) is 0 Å². The van der Waals surface area contributed by atoms with Gasteiger partial charge in [-0.05, 0) is 61.2 Å². The monoisotopic (exact) mass is 371 g/mol. The molecule has 0 saturated heterocycles. The lowest BCUT2D eigenvalue weighted by molar-refractivity contribution is 1.43. The van der Waals surface area contributed by atoms with Crippen LogP contribution in [0, 0.1) is 0 Å². The van der Waals surface area contributed by atoms with Gasteiger partial charge in [-0.1, -0.05) is 93.3 Å². The van der Waals surface area contributed by atoms with E-state index in [4.69, 9.17) is 0 Å². The van der Waals surface area contributed by atoms with E-state index in [1.54, 1.807) is 6.08 Å². The second kappa shape index (κ2) is 13.2. The highest BCUT2D eigenvalue weighted by atomic mass is 14.9. The Labute approximate surface area is 171 Å². The molecule has 0 unspecified atom stereocenters. The first kappa shape index (κ1) is 23.0. The SMILES string of the molecule is C=C/C=C\C(=C/C)c1ccc(-c2ccc(NC(/C=C\C)=C/C)cc2)cc1.CC. The molecule has 0 aliphatic carbocycles. The Morgan fingerprint density at radius 3 is 1.82 bits per heavy atom. The molecule has 0 aliphatic rings. The third kappa shape index (κ3) is 6.92. The van der Waals surface area contributed by atoms with Gasteiger partial charge in [0.2, 0.25) is 0 Å². The van der Waals surface area contributed by atoms with Crippen LogP contribution in [0.5, 0.6) is 0 Å². The largest absolute Gasteiger partial charge is 0.356 e. The molecule has 28 heavy (non-hydrogen) atoms. The summed E-state index contributed by atoms with van der Waals surface area (Å²) < 4.78 is 0. The number of anilines is 1. The predicted octanol–water partition coefficient (Wildman–Crippen LogP) is 8.42. The molecule has 0 aromatic heterocycles. The molecule has 146 valence electrons. The molecule has 0 atom stereocenters. The molecule has 0 saturated carbocycles. The smallest absolute Gasteiger partial charge is 0.0384 e. The zero-order valence-electron chi connectivity index (χ0n) is 17.9. The molecule has 1 heteroatoms. The van der Waals surface area contributed by atoms with E-state index in [0.29, 0.717) is 0 Å². The summed E-state index contributed by atoms with van der Waals surface area (Å²) in [6, 6.07) is 17.2. The van der Waals surface area contributed by atoms with Crippen LogP contribution >= 0.6 is 0 Å². The molecule has 2 aromatic rings. The van der Waals surface area contributed by atoms with Crippen LogP contribution in [0.25, 0.3) is 16.7 Å². The number of allylic oxidation sites excluding steroid dienone is 8. The standard InChI is InChI=1S/C25H27N.C2H6/c1-5-9-11-20(7-3)21-12-14-22(15-13-21)23-16-18-25(19-17-23)26-24(8-4)10-6-2;1-2/h5-19,26H,1H2,2-4H3;1-2H3/b10-6-,11-9-,20-7+,24-8+;. The van der Waals surface area contributed by atoms with Gasteiger partial charge in [-0.2, -0.15) is 0 Å². The second-order valence-electron chi connectivity index (χ2n) is 5.86. The Balaban J connectivity index is 0.00000190. The maximum atomic E-state index is 3.73. The van der Waals surface area contributed by atoms with Crippen LogP contribution in [-0.2, 0) is 0 Å². The van der Waals surface area contributed by atoms with E-state index in [1.165, 1.54) is 22.3 Å². The summed E-state index contributed by atoms with van der Waals surface area (Å²) in [6.45, 7) is 13.8. The van der Waals surface area contributed by atoms with Crippen LogP contribution in [0.4, 0.5) is 5.69 Å². The van der Waals surface area contributed by atoms with Gasteiger partial charge in [0.15, 0.2) is 0 Å².